The van der Waals surface area contributed by atoms with Gasteiger partial charge in [-0.1, -0.05) is 57.6 Å². The van der Waals surface area contributed by atoms with Gasteiger partial charge in [0.25, 0.3) is 0 Å². The van der Waals surface area contributed by atoms with Gasteiger partial charge >= 0.3 is 5.92 Å². The Morgan fingerprint density at radius 1 is 0.903 bits per heavy atom. The number of unbranched alkanes of at least 4 members (excludes halogenated alkanes) is 2. The fourth-order valence-electron chi connectivity index (χ4n) is 6.30. The Bertz CT molecular complexity index is 812. The second-order valence-corrected chi connectivity index (χ2v) is 10.1. The molecule has 4 rings (SSSR count). The van der Waals surface area contributed by atoms with E-state index in [1.165, 1.54) is 63.5 Å². The number of benzene rings is 1. The van der Waals surface area contributed by atoms with Crippen molar-refractivity contribution in [2.75, 3.05) is 0 Å². The van der Waals surface area contributed by atoms with Crippen molar-refractivity contribution in [3.05, 3.63) is 40.7 Å². The molecule has 0 spiro atoms. The van der Waals surface area contributed by atoms with Crippen molar-refractivity contribution in [1.29, 1.82) is 0 Å². The molecule has 3 aliphatic carbocycles. The summed E-state index contributed by atoms with van der Waals surface area (Å²) in [6.07, 6.45) is 17.4. The molecule has 0 aliphatic heterocycles. The summed E-state index contributed by atoms with van der Waals surface area (Å²) in [4.78, 5) is 11.5. The van der Waals surface area contributed by atoms with E-state index in [4.69, 9.17) is 0 Å². The van der Waals surface area contributed by atoms with Crippen molar-refractivity contribution in [3.8, 4) is 0 Å². The molecular formula is C27H35F3O. The van der Waals surface area contributed by atoms with Crippen LogP contribution in [0, 0.1) is 23.6 Å². The van der Waals surface area contributed by atoms with Crippen molar-refractivity contribution < 1.29 is 18.0 Å². The van der Waals surface area contributed by atoms with Gasteiger partial charge < -0.3 is 0 Å². The second kappa shape index (κ2) is 9.50. The number of rotatable bonds is 6. The average molecular weight is 433 g/mol. The molecule has 31 heavy (non-hydrogen) atoms. The van der Waals surface area contributed by atoms with Gasteiger partial charge in [-0.2, -0.15) is 8.78 Å². The van der Waals surface area contributed by atoms with Crippen molar-refractivity contribution in [3.63, 3.8) is 0 Å². The van der Waals surface area contributed by atoms with Gasteiger partial charge in [-0.05, 0) is 85.5 Å². The Kier molecular flexibility index (Phi) is 6.93. The largest absolute Gasteiger partial charge is 0.337 e. The van der Waals surface area contributed by atoms with Crippen LogP contribution < -0.4 is 0 Å². The summed E-state index contributed by atoms with van der Waals surface area (Å²) in [5.74, 6) is -3.31. The monoisotopic (exact) mass is 432 g/mol. The Labute approximate surface area is 184 Å². The molecule has 3 aliphatic rings. The summed E-state index contributed by atoms with van der Waals surface area (Å²) in [5, 5.41) is 0. The third-order valence-corrected chi connectivity index (χ3v) is 8.20. The highest BCUT2D eigenvalue weighted by atomic mass is 19.3. The molecule has 0 atom stereocenters. The second-order valence-electron chi connectivity index (χ2n) is 10.1. The predicted octanol–water partition coefficient (Wildman–Crippen LogP) is 8.17. The summed E-state index contributed by atoms with van der Waals surface area (Å²) in [6, 6.07) is 2.94. The van der Waals surface area contributed by atoms with E-state index in [0.717, 1.165) is 55.1 Å². The van der Waals surface area contributed by atoms with Crippen molar-refractivity contribution in [2.24, 2.45) is 17.8 Å². The first-order valence-corrected chi connectivity index (χ1v) is 12.3. The van der Waals surface area contributed by atoms with E-state index in [0.29, 0.717) is 0 Å². The first-order chi connectivity index (χ1) is 14.9. The van der Waals surface area contributed by atoms with E-state index in [-0.39, 0.29) is 11.5 Å². The van der Waals surface area contributed by atoms with Crippen LogP contribution in [0.15, 0.2) is 18.2 Å². The van der Waals surface area contributed by atoms with Gasteiger partial charge in [-0.3, -0.25) is 4.79 Å². The lowest BCUT2D eigenvalue weighted by molar-refractivity contribution is -0.139. The minimum Gasteiger partial charge on any atom is -0.288 e. The molecular weight excluding hydrogens is 397 g/mol. The van der Waals surface area contributed by atoms with Gasteiger partial charge in [-0.25, -0.2) is 4.39 Å². The summed E-state index contributed by atoms with van der Waals surface area (Å²) in [7, 11) is 0. The average Bonchev–Trinajstić information content (AvgIpc) is 2.77. The van der Waals surface area contributed by atoms with Gasteiger partial charge in [0, 0.05) is 0 Å². The van der Waals surface area contributed by atoms with Crippen LogP contribution in [0.3, 0.4) is 0 Å². The van der Waals surface area contributed by atoms with Crippen LogP contribution in [-0.4, -0.2) is 5.78 Å². The number of carbonyl (C=O) groups is 1. The van der Waals surface area contributed by atoms with E-state index in [1.807, 2.05) is 0 Å². The number of alkyl halides is 2. The van der Waals surface area contributed by atoms with E-state index in [9.17, 15) is 18.0 Å². The zero-order chi connectivity index (χ0) is 22.0. The molecule has 0 amide bonds. The number of hydrogen-bond acceptors (Lipinski definition) is 1. The Morgan fingerprint density at radius 2 is 1.55 bits per heavy atom. The van der Waals surface area contributed by atoms with Gasteiger partial charge in [0.05, 0.1) is 5.56 Å². The summed E-state index contributed by atoms with van der Waals surface area (Å²) in [6.45, 7) is 2.26. The van der Waals surface area contributed by atoms with E-state index < -0.39 is 23.1 Å². The van der Waals surface area contributed by atoms with Crippen LogP contribution in [0.1, 0.15) is 107 Å². The van der Waals surface area contributed by atoms with Crippen LogP contribution in [-0.2, 0) is 10.7 Å². The van der Waals surface area contributed by atoms with Crippen LogP contribution in [0.2, 0.25) is 0 Å². The molecule has 0 radical (unpaired) electrons. The number of fused-ring (bicyclic) bond motifs is 1. The van der Waals surface area contributed by atoms with Gasteiger partial charge in [-0.15, -0.1) is 0 Å². The molecule has 2 saturated carbocycles. The van der Waals surface area contributed by atoms with E-state index in [2.05, 4.69) is 6.92 Å². The van der Waals surface area contributed by atoms with Crippen molar-refractivity contribution >= 4 is 11.9 Å². The molecule has 0 heterocycles. The van der Waals surface area contributed by atoms with Crippen LogP contribution in [0.5, 0.6) is 0 Å². The SMILES string of the molecule is CCCCCC1CCC(C2CCC(c3cc(F)c4c(c3)C=CC(=O)C4(F)F)CC2)CC1. The van der Waals surface area contributed by atoms with Gasteiger partial charge in [0.15, 0.2) is 0 Å². The minimum absolute atomic E-state index is 0.156. The fraction of sp³-hybridized carbons (Fsp3) is 0.667. The lowest BCUT2D eigenvalue weighted by Crippen LogP contribution is -2.29. The van der Waals surface area contributed by atoms with Gasteiger partial charge in [0.2, 0.25) is 5.78 Å². The highest BCUT2D eigenvalue weighted by Gasteiger charge is 2.45. The van der Waals surface area contributed by atoms with E-state index in [1.54, 1.807) is 6.07 Å². The fourth-order valence-corrected chi connectivity index (χ4v) is 6.30. The summed E-state index contributed by atoms with van der Waals surface area (Å²) < 4.78 is 42.9. The highest BCUT2D eigenvalue weighted by Crippen LogP contribution is 2.46. The number of halogens is 3. The zero-order valence-electron chi connectivity index (χ0n) is 18.6. The Morgan fingerprint density at radius 3 is 2.19 bits per heavy atom. The molecule has 1 aromatic rings. The van der Waals surface area contributed by atoms with Crippen molar-refractivity contribution in [2.45, 2.75) is 95.8 Å². The van der Waals surface area contributed by atoms with Crippen LogP contribution in [0.4, 0.5) is 13.2 Å². The topological polar surface area (TPSA) is 17.1 Å². The third-order valence-electron chi connectivity index (χ3n) is 8.20. The normalized spacial score (nSPS) is 30.3. The maximum absolute atomic E-state index is 14.6. The zero-order valence-corrected chi connectivity index (χ0v) is 18.6. The summed E-state index contributed by atoms with van der Waals surface area (Å²) in [5.41, 5.74) is 0.209. The molecule has 0 aromatic heterocycles. The molecule has 0 N–H and O–H groups in total. The minimum atomic E-state index is -3.76. The predicted molar refractivity (Wildman–Crippen MR) is 119 cm³/mol. The van der Waals surface area contributed by atoms with E-state index >= 15 is 0 Å². The maximum Gasteiger partial charge on any atom is 0.337 e. The van der Waals surface area contributed by atoms with Crippen molar-refractivity contribution in [1.82, 2.24) is 0 Å². The molecule has 1 nitrogen and oxygen atoms in total. The molecule has 0 saturated heterocycles. The third kappa shape index (κ3) is 4.78. The molecule has 1 aromatic carbocycles. The Balaban J connectivity index is 1.34. The number of carbonyl (C=O) groups excluding carboxylic acids is 1. The lowest BCUT2D eigenvalue weighted by atomic mass is 9.67. The van der Waals surface area contributed by atoms with Crippen LogP contribution in [0.25, 0.3) is 6.08 Å². The molecule has 4 heteroatoms. The molecule has 0 bridgehead atoms. The summed E-state index contributed by atoms with van der Waals surface area (Å²) >= 11 is 0. The number of hydrogen-bond donors (Lipinski definition) is 0. The molecule has 0 unspecified atom stereocenters. The number of ketones is 1. The maximum atomic E-state index is 14.6. The lowest BCUT2D eigenvalue weighted by Gasteiger charge is -2.38. The first kappa shape index (κ1) is 22.6. The first-order valence-electron chi connectivity index (χ1n) is 12.3. The molecule has 2 fully saturated rings. The highest BCUT2D eigenvalue weighted by molar-refractivity contribution is 6.02. The smallest absolute Gasteiger partial charge is 0.288 e. The number of allylic oxidation sites excluding steroid dienone is 1. The van der Waals surface area contributed by atoms with Crippen LogP contribution >= 0.6 is 0 Å². The standard InChI is InChI=1S/C27H35F3O/c1-2-3-4-5-18-6-8-19(9-7-18)20-10-12-21(13-11-20)23-16-22-14-15-25(31)27(29,30)26(22)24(28)17-23/h14-21H,2-13H2,1H3. The molecule has 170 valence electrons. The Hall–Kier alpha value is -1.58. The van der Waals surface area contributed by atoms with Gasteiger partial charge in [0.1, 0.15) is 5.82 Å². The quantitative estimate of drug-likeness (QED) is 0.414.